The van der Waals surface area contributed by atoms with Gasteiger partial charge in [-0.3, -0.25) is 0 Å². The van der Waals surface area contributed by atoms with Gasteiger partial charge in [0.15, 0.2) is 0 Å². The number of benzene rings is 1. The Bertz CT molecular complexity index is 570. The number of methoxy groups -OCH3 is 1. The Kier molecular flexibility index (Phi) is 2.47. The molecule has 0 unspecified atom stereocenters. The van der Waals surface area contributed by atoms with Crippen molar-refractivity contribution in [2.75, 3.05) is 7.11 Å². The first-order valence-corrected chi connectivity index (χ1v) is 4.78. The summed E-state index contributed by atoms with van der Waals surface area (Å²) >= 11 is 0. The third kappa shape index (κ3) is 1.48. The first kappa shape index (κ1) is 10.4. The zero-order valence-electron chi connectivity index (χ0n) is 9.34. The molecule has 2 aromatic rings. The molecule has 0 bridgehead atoms. The molecular formula is C10H12N4O2. The smallest absolute Gasteiger partial charge is 0.368 e. The molecule has 0 radical (unpaired) electrons. The highest BCUT2D eigenvalue weighted by atomic mass is 16.5. The van der Waals surface area contributed by atoms with Crippen molar-refractivity contribution in [3.05, 3.63) is 34.2 Å². The van der Waals surface area contributed by atoms with Crippen LogP contribution >= 0.6 is 0 Å². The van der Waals surface area contributed by atoms with Gasteiger partial charge in [-0.15, -0.1) is 0 Å². The van der Waals surface area contributed by atoms with Gasteiger partial charge >= 0.3 is 5.69 Å². The van der Waals surface area contributed by atoms with E-state index in [0.717, 1.165) is 11.3 Å². The molecule has 16 heavy (non-hydrogen) atoms. The van der Waals surface area contributed by atoms with Crippen LogP contribution in [0.1, 0.15) is 5.56 Å². The summed E-state index contributed by atoms with van der Waals surface area (Å²) in [5.41, 5.74) is 1.25. The van der Waals surface area contributed by atoms with E-state index in [1.807, 2.05) is 19.1 Å². The Morgan fingerprint density at radius 2 is 2.06 bits per heavy atom. The molecule has 0 N–H and O–H groups in total. The summed E-state index contributed by atoms with van der Waals surface area (Å²) in [5, 5.41) is 7.45. The van der Waals surface area contributed by atoms with E-state index in [0.29, 0.717) is 5.69 Å². The highest BCUT2D eigenvalue weighted by Gasteiger charge is 2.11. The molecule has 6 heteroatoms. The minimum Gasteiger partial charge on any atom is -0.496 e. The average molecular weight is 220 g/mol. The number of ether oxygens (including phenoxy) is 1. The fourth-order valence-electron chi connectivity index (χ4n) is 1.52. The van der Waals surface area contributed by atoms with Gasteiger partial charge in [-0.05, 0) is 29.5 Å². The maximum absolute atomic E-state index is 11.7. The van der Waals surface area contributed by atoms with E-state index in [2.05, 4.69) is 10.4 Å². The summed E-state index contributed by atoms with van der Waals surface area (Å²) in [7, 11) is 3.15. The minimum absolute atomic E-state index is 0.281. The van der Waals surface area contributed by atoms with Gasteiger partial charge in [0, 0.05) is 12.6 Å². The SMILES string of the molecule is COc1cccc(-n2nnn(C)c2=O)c1C. The second-order valence-electron chi connectivity index (χ2n) is 3.40. The van der Waals surface area contributed by atoms with E-state index in [1.54, 1.807) is 20.2 Å². The number of nitrogens with zero attached hydrogens (tertiary/aromatic N) is 4. The summed E-state index contributed by atoms with van der Waals surface area (Å²) in [6.45, 7) is 1.87. The minimum atomic E-state index is -0.281. The van der Waals surface area contributed by atoms with Crippen LogP contribution in [0.5, 0.6) is 5.75 Å². The third-order valence-corrected chi connectivity index (χ3v) is 2.43. The molecule has 0 fully saturated rings. The molecule has 0 saturated heterocycles. The number of rotatable bonds is 2. The van der Waals surface area contributed by atoms with Crippen LogP contribution in [0.15, 0.2) is 23.0 Å². The fraction of sp³-hybridized carbons (Fsp3) is 0.300. The van der Waals surface area contributed by atoms with Crippen molar-refractivity contribution in [2.24, 2.45) is 7.05 Å². The number of aryl methyl sites for hydroxylation is 1. The largest absolute Gasteiger partial charge is 0.496 e. The van der Waals surface area contributed by atoms with Crippen molar-refractivity contribution in [1.29, 1.82) is 0 Å². The van der Waals surface area contributed by atoms with Crippen LogP contribution < -0.4 is 10.4 Å². The van der Waals surface area contributed by atoms with Crippen LogP contribution in [0.3, 0.4) is 0 Å². The van der Waals surface area contributed by atoms with Gasteiger partial charge < -0.3 is 4.74 Å². The molecule has 0 aliphatic heterocycles. The lowest BCUT2D eigenvalue weighted by molar-refractivity contribution is 0.411. The second-order valence-corrected chi connectivity index (χ2v) is 3.40. The lowest BCUT2D eigenvalue weighted by atomic mass is 10.2. The van der Waals surface area contributed by atoms with Gasteiger partial charge in [0.05, 0.1) is 12.8 Å². The molecule has 0 amide bonds. The van der Waals surface area contributed by atoms with Gasteiger partial charge in [0.2, 0.25) is 0 Å². The number of tetrazole rings is 1. The van der Waals surface area contributed by atoms with E-state index < -0.39 is 0 Å². The molecule has 2 rings (SSSR count). The van der Waals surface area contributed by atoms with Crippen molar-refractivity contribution in [2.45, 2.75) is 6.92 Å². The molecule has 1 heterocycles. The van der Waals surface area contributed by atoms with Gasteiger partial charge in [-0.2, -0.15) is 9.36 Å². The third-order valence-electron chi connectivity index (χ3n) is 2.43. The predicted octanol–water partition coefficient (Wildman–Crippen LogP) is 0.283. The summed E-state index contributed by atoms with van der Waals surface area (Å²) in [6, 6.07) is 5.44. The molecule has 84 valence electrons. The first-order chi connectivity index (χ1) is 7.65. The number of aromatic nitrogens is 4. The molecule has 0 aliphatic rings. The van der Waals surface area contributed by atoms with E-state index in [4.69, 9.17) is 4.74 Å². The van der Waals surface area contributed by atoms with Gasteiger partial charge in [0.25, 0.3) is 0 Å². The van der Waals surface area contributed by atoms with Crippen LogP contribution in [-0.4, -0.2) is 26.9 Å². The molecule has 1 aromatic heterocycles. The van der Waals surface area contributed by atoms with Crippen LogP contribution in [0.4, 0.5) is 0 Å². The van der Waals surface area contributed by atoms with E-state index in [1.165, 1.54) is 9.36 Å². The zero-order valence-corrected chi connectivity index (χ0v) is 9.34. The molecule has 0 spiro atoms. The van der Waals surface area contributed by atoms with Crippen LogP contribution in [0.25, 0.3) is 5.69 Å². The van der Waals surface area contributed by atoms with Crippen LogP contribution in [0.2, 0.25) is 0 Å². The maximum atomic E-state index is 11.7. The zero-order chi connectivity index (χ0) is 11.7. The molecular weight excluding hydrogens is 208 g/mol. The summed E-state index contributed by atoms with van der Waals surface area (Å²) in [4.78, 5) is 11.7. The second kappa shape index (κ2) is 3.80. The normalized spacial score (nSPS) is 10.4. The van der Waals surface area contributed by atoms with Crippen molar-refractivity contribution < 1.29 is 4.74 Å². The van der Waals surface area contributed by atoms with Crippen molar-refractivity contribution in [1.82, 2.24) is 19.8 Å². The van der Waals surface area contributed by atoms with Gasteiger partial charge in [0.1, 0.15) is 5.75 Å². The lowest BCUT2D eigenvalue weighted by Gasteiger charge is -2.08. The Balaban J connectivity index is 2.65. The maximum Gasteiger partial charge on any atom is 0.368 e. The van der Waals surface area contributed by atoms with Gasteiger partial charge in [-0.1, -0.05) is 6.07 Å². The molecule has 0 saturated carbocycles. The molecule has 1 aromatic carbocycles. The summed E-state index contributed by atoms with van der Waals surface area (Å²) in [5.74, 6) is 0.718. The Morgan fingerprint density at radius 3 is 2.62 bits per heavy atom. The Labute approximate surface area is 92.1 Å². The monoisotopic (exact) mass is 220 g/mol. The van der Waals surface area contributed by atoms with E-state index in [9.17, 15) is 4.79 Å². The predicted molar refractivity (Wildman–Crippen MR) is 57.9 cm³/mol. The molecule has 0 atom stereocenters. The van der Waals surface area contributed by atoms with Crippen LogP contribution in [0, 0.1) is 6.92 Å². The quantitative estimate of drug-likeness (QED) is 0.729. The lowest BCUT2D eigenvalue weighted by Crippen LogP contribution is -2.22. The number of hydrogen-bond acceptors (Lipinski definition) is 4. The van der Waals surface area contributed by atoms with Gasteiger partial charge in [-0.25, -0.2) is 4.79 Å². The molecule has 0 aliphatic carbocycles. The van der Waals surface area contributed by atoms with E-state index >= 15 is 0 Å². The Hall–Kier alpha value is -2.11. The summed E-state index contributed by atoms with van der Waals surface area (Å²) < 4.78 is 7.61. The first-order valence-electron chi connectivity index (χ1n) is 4.78. The highest BCUT2D eigenvalue weighted by molar-refractivity contribution is 5.47. The fourth-order valence-corrected chi connectivity index (χ4v) is 1.52. The Morgan fingerprint density at radius 1 is 1.31 bits per heavy atom. The standard InChI is InChI=1S/C10H12N4O2/c1-7-8(5-4-6-9(7)16-3)14-10(15)13(2)11-12-14/h4-6H,1-3H3. The number of hydrogen-bond donors (Lipinski definition) is 0. The topological polar surface area (TPSA) is 61.9 Å². The van der Waals surface area contributed by atoms with Crippen molar-refractivity contribution in [3.63, 3.8) is 0 Å². The average Bonchev–Trinajstić information content (AvgIpc) is 2.61. The van der Waals surface area contributed by atoms with E-state index in [-0.39, 0.29) is 5.69 Å². The summed E-state index contributed by atoms with van der Waals surface area (Å²) in [6.07, 6.45) is 0. The van der Waals surface area contributed by atoms with Crippen molar-refractivity contribution >= 4 is 0 Å². The highest BCUT2D eigenvalue weighted by Crippen LogP contribution is 2.22. The molecule has 6 nitrogen and oxygen atoms in total. The van der Waals surface area contributed by atoms with Crippen molar-refractivity contribution in [3.8, 4) is 11.4 Å². The van der Waals surface area contributed by atoms with Crippen LogP contribution in [-0.2, 0) is 7.05 Å².